The number of nitrogens with zero attached hydrogens (tertiary/aromatic N) is 3. The Morgan fingerprint density at radius 2 is 2.08 bits per heavy atom. The largest absolute Gasteiger partial charge is 0.347 e. The summed E-state index contributed by atoms with van der Waals surface area (Å²) >= 11 is 5.80. The second-order valence-electron chi connectivity index (χ2n) is 2.73. The Labute approximate surface area is 77.4 Å². The van der Waals surface area contributed by atoms with Crippen LogP contribution in [0.5, 0.6) is 0 Å². The third kappa shape index (κ3) is 2.08. The SMILES string of the molecule is CCc1cc(Cl)nc(N(C)C)n1. The van der Waals surface area contributed by atoms with Gasteiger partial charge in [-0.1, -0.05) is 18.5 Å². The average molecular weight is 186 g/mol. The Bertz CT molecular complexity index is 273. The molecule has 1 aromatic rings. The molecule has 1 rings (SSSR count). The maximum absolute atomic E-state index is 5.80. The number of rotatable bonds is 2. The van der Waals surface area contributed by atoms with Gasteiger partial charge in [-0.05, 0) is 12.5 Å². The van der Waals surface area contributed by atoms with E-state index in [4.69, 9.17) is 11.6 Å². The van der Waals surface area contributed by atoms with Gasteiger partial charge in [-0.15, -0.1) is 0 Å². The summed E-state index contributed by atoms with van der Waals surface area (Å²) < 4.78 is 0. The standard InChI is InChI=1S/C8H12ClN3/c1-4-6-5-7(9)11-8(10-6)12(2)3/h5H,4H2,1-3H3. The number of aromatic nitrogens is 2. The summed E-state index contributed by atoms with van der Waals surface area (Å²) in [6.45, 7) is 2.04. The fourth-order valence-corrected chi connectivity index (χ4v) is 1.03. The molecule has 0 saturated heterocycles. The summed E-state index contributed by atoms with van der Waals surface area (Å²) in [5.74, 6) is 0.666. The molecule has 0 aliphatic carbocycles. The van der Waals surface area contributed by atoms with Gasteiger partial charge in [0.1, 0.15) is 5.15 Å². The second-order valence-corrected chi connectivity index (χ2v) is 3.12. The molecule has 3 nitrogen and oxygen atoms in total. The topological polar surface area (TPSA) is 29.0 Å². The Morgan fingerprint density at radius 3 is 2.58 bits per heavy atom. The van der Waals surface area contributed by atoms with Crippen molar-refractivity contribution >= 4 is 17.5 Å². The van der Waals surface area contributed by atoms with E-state index in [9.17, 15) is 0 Å². The molecule has 12 heavy (non-hydrogen) atoms. The van der Waals surface area contributed by atoms with Gasteiger partial charge in [0.25, 0.3) is 0 Å². The Hall–Kier alpha value is -0.830. The Kier molecular flexibility index (Phi) is 2.87. The van der Waals surface area contributed by atoms with E-state index < -0.39 is 0 Å². The Balaban J connectivity index is 3.06. The number of halogens is 1. The molecule has 0 aliphatic rings. The van der Waals surface area contributed by atoms with Crippen LogP contribution in [0, 0.1) is 0 Å². The molecule has 0 fully saturated rings. The molecule has 4 heteroatoms. The summed E-state index contributed by atoms with van der Waals surface area (Å²) in [6.07, 6.45) is 0.878. The van der Waals surface area contributed by atoms with Crippen LogP contribution < -0.4 is 4.90 Å². The molecule has 0 aromatic carbocycles. The van der Waals surface area contributed by atoms with E-state index in [1.165, 1.54) is 0 Å². The van der Waals surface area contributed by atoms with E-state index in [0.717, 1.165) is 12.1 Å². The van der Waals surface area contributed by atoms with Crippen molar-refractivity contribution < 1.29 is 0 Å². The van der Waals surface area contributed by atoms with Crippen LogP contribution in [-0.4, -0.2) is 24.1 Å². The first-order valence-corrected chi connectivity index (χ1v) is 4.22. The highest BCUT2D eigenvalue weighted by Gasteiger charge is 2.02. The van der Waals surface area contributed by atoms with E-state index in [2.05, 4.69) is 9.97 Å². The zero-order chi connectivity index (χ0) is 9.14. The molecule has 0 atom stereocenters. The van der Waals surface area contributed by atoms with Crippen molar-refractivity contribution in [2.24, 2.45) is 0 Å². The van der Waals surface area contributed by atoms with Crippen molar-refractivity contribution in [2.45, 2.75) is 13.3 Å². The minimum atomic E-state index is 0.505. The normalized spacial score (nSPS) is 10.0. The number of hydrogen-bond donors (Lipinski definition) is 0. The minimum Gasteiger partial charge on any atom is -0.347 e. The molecule has 0 aliphatic heterocycles. The van der Waals surface area contributed by atoms with Crippen LogP contribution in [0.15, 0.2) is 6.07 Å². The third-order valence-electron chi connectivity index (χ3n) is 1.50. The van der Waals surface area contributed by atoms with Gasteiger partial charge in [-0.25, -0.2) is 9.97 Å². The summed E-state index contributed by atoms with van der Waals surface area (Å²) in [5.41, 5.74) is 0.971. The highest BCUT2D eigenvalue weighted by atomic mass is 35.5. The molecule has 0 unspecified atom stereocenters. The summed E-state index contributed by atoms with van der Waals surface area (Å²) in [7, 11) is 3.79. The zero-order valence-corrected chi connectivity index (χ0v) is 8.26. The fraction of sp³-hybridized carbons (Fsp3) is 0.500. The van der Waals surface area contributed by atoms with Crippen LogP contribution in [-0.2, 0) is 6.42 Å². The van der Waals surface area contributed by atoms with Gasteiger partial charge in [-0.3, -0.25) is 0 Å². The Morgan fingerprint density at radius 1 is 1.42 bits per heavy atom. The zero-order valence-electron chi connectivity index (χ0n) is 7.50. The van der Waals surface area contributed by atoms with Gasteiger partial charge in [0.15, 0.2) is 0 Å². The molecule has 1 aromatic heterocycles. The highest BCUT2D eigenvalue weighted by Crippen LogP contribution is 2.12. The highest BCUT2D eigenvalue weighted by molar-refractivity contribution is 6.29. The van der Waals surface area contributed by atoms with Gasteiger partial charge in [0, 0.05) is 19.8 Å². The maximum atomic E-state index is 5.80. The number of aryl methyl sites for hydroxylation is 1. The van der Waals surface area contributed by atoms with Gasteiger partial charge in [0.2, 0.25) is 5.95 Å². The van der Waals surface area contributed by atoms with Crippen molar-refractivity contribution in [3.8, 4) is 0 Å². The van der Waals surface area contributed by atoms with Crippen LogP contribution in [0.25, 0.3) is 0 Å². The van der Waals surface area contributed by atoms with Crippen LogP contribution in [0.3, 0.4) is 0 Å². The van der Waals surface area contributed by atoms with Gasteiger partial charge in [0.05, 0.1) is 0 Å². The molecule has 0 amide bonds. The van der Waals surface area contributed by atoms with Crippen LogP contribution in [0.4, 0.5) is 5.95 Å². The lowest BCUT2D eigenvalue weighted by Gasteiger charge is -2.10. The summed E-state index contributed by atoms with van der Waals surface area (Å²) in [6, 6.07) is 1.79. The van der Waals surface area contributed by atoms with E-state index in [0.29, 0.717) is 11.1 Å². The number of hydrogen-bond acceptors (Lipinski definition) is 3. The predicted molar refractivity (Wildman–Crippen MR) is 50.7 cm³/mol. The molecule has 0 saturated carbocycles. The summed E-state index contributed by atoms with van der Waals surface area (Å²) in [5, 5.41) is 0.505. The quantitative estimate of drug-likeness (QED) is 0.658. The smallest absolute Gasteiger partial charge is 0.226 e. The monoisotopic (exact) mass is 185 g/mol. The molecular formula is C8H12ClN3. The van der Waals surface area contributed by atoms with E-state index >= 15 is 0 Å². The van der Waals surface area contributed by atoms with Crippen molar-refractivity contribution in [1.82, 2.24) is 9.97 Å². The molecule has 0 spiro atoms. The molecule has 0 radical (unpaired) electrons. The van der Waals surface area contributed by atoms with Gasteiger partial charge >= 0.3 is 0 Å². The molecule has 0 N–H and O–H groups in total. The molecular weight excluding hydrogens is 174 g/mol. The third-order valence-corrected chi connectivity index (χ3v) is 1.69. The van der Waals surface area contributed by atoms with Crippen LogP contribution >= 0.6 is 11.6 Å². The van der Waals surface area contributed by atoms with Crippen molar-refractivity contribution in [1.29, 1.82) is 0 Å². The molecule has 66 valence electrons. The van der Waals surface area contributed by atoms with E-state index in [-0.39, 0.29) is 0 Å². The van der Waals surface area contributed by atoms with Crippen molar-refractivity contribution in [3.63, 3.8) is 0 Å². The van der Waals surface area contributed by atoms with Gasteiger partial charge in [-0.2, -0.15) is 0 Å². The van der Waals surface area contributed by atoms with E-state index in [1.54, 1.807) is 6.07 Å². The lowest BCUT2D eigenvalue weighted by Crippen LogP contribution is -2.13. The van der Waals surface area contributed by atoms with Crippen LogP contribution in [0.1, 0.15) is 12.6 Å². The first-order chi connectivity index (χ1) is 5.63. The second kappa shape index (κ2) is 3.72. The minimum absolute atomic E-state index is 0.505. The molecule has 0 bridgehead atoms. The number of anilines is 1. The predicted octanol–water partition coefficient (Wildman–Crippen LogP) is 1.76. The van der Waals surface area contributed by atoms with Crippen LogP contribution in [0.2, 0.25) is 5.15 Å². The van der Waals surface area contributed by atoms with Crippen molar-refractivity contribution in [2.75, 3.05) is 19.0 Å². The lowest BCUT2D eigenvalue weighted by molar-refractivity contribution is 0.940. The lowest BCUT2D eigenvalue weighted by atomic mass is 10.3. The van der Waals surface area contributed by atoms with E-state index in [1.807, 2.05) is 25.9 Å². The van der Waals surface area contributed by atoms with Crippen molar-refractivity contribution in [3.05, 3.63) is 16.9 Å². The maximum Gasteiger partial charge on any atom is 0.226 e. The fourth-order valence-electron chi connectivity index (χ4n) is 0.832. The first-order valence-electron chi connectivity index (χ1n) is 3.84. The summed E-state index contributed by atoms with van der Waals surface area (Å²) in [4.78, 5) is 10.2. The average Bonchev–Trinajstić information content (AvgIpc) is 2.03. The van der Waals surface area contributed by atoms with Gasteiger partial charge < -0.3 is 4.90 Å². The first kappa shape index (κ1) is 9.26. The molecule has 1 heterocycles.